The lowest BCUT2D eigenvalue weighted by Gasteiger charge is -2.09. The molecule has 0 aliphatic carbocycles. The van der Waals surface area contributed by atoms with E-state index in [0.717, 1.165) is 49.8 Å². The van der Waals surface area contributed by atoms with Gasteiger partial charge in [0.25, 0.3) is 5.56 Å². The Kier molecular flexibility index (Phi) is 11.3. The number of thioether (sulfide) groups is 1. The van der Waals surface area contributed by atoms with E-state index in [1.54, 1.807) is 29.8 Å². The van der Waals surface area contributed by atoms with Gasteiger partial charge in [-0.2, -0.15) is 5.10 Å². The number of halogens is 1. The number of nitrogens with zero attached hydrogens (tertiary/aromatic N) is 9. The number of hydrogen-bond donors (Lipinski definition) is 1. The third-order valence-electron chi connectivity index (χ3n) is 8.20. The third kappa shape index (κ3) is 7.90. The fourth-order valence-corrected chi connectivity index (χ4v) is 7.52. The van der Waals surface area contributed by atoms with Gasteiger partial charge in [-0.25, -0.2) is 24.3 Å². The van der Waals surface area contributed by atoms with Crippen LogP contribution >= 0.6 is 34.7 Å². The Hall–Kier alpha value is -4.61. The van der Waals surface area contributed by atoms with E-state index in [4.69, 9.17) is 40.8 Å². The molecule has 14 nitrogen and oxygen atoms in total. The molecule has 0 aliphatic rings. The predicted octanol–water partition coefficient (Wildman–Crippen LogP) is 5.79. The Morgan fingerprint density at radius 1 is 0.962 bits per heavy atom. The SMILES string of the molecule is CCCSc1nc(NCCOCCOCc2nc3c(s2)c2cnn(Cc4cccc(OC)c4)c(=O)c2n3C)c2nnn(Cc3ccc(Cl)cc3)c2n1. The molecule has 5 heterocycles. The molecule has 7 rings (SSSR count). The summed E-state index contributed by atoms with van der Waals surface area (Å²) in [5, 5.41) is 19.5. The minimum absolute atomic E-state index is 0.169. The maximum atomic E-state index is 13.4. The van der Waals surface area contributed by atoms with Gasteiger partial charge in [0, 0.05) is 29.8 Å². The van der Waals surface area contributed by atoms with E-state index in [0.29, 0.717) is 78.7 Å². The van der Waals surface area contributed by atoms with Gasteiger partial charge in [0.2, 0.25) is 0 Å². The van der Waals surface area contributed by atoms with Crippen LogP contribution in [0.1, 0.15) is 29.5 Å². The van der Waals surface area contributed by atoms with Crippen LogP contribution in [0.2, 0.25) is 5.02 Å². The maximum Gasteiger partial charge on any atom is 0.291 e. The number of nitrogens with one attached hydrogen (secondary N) is 1. The second-order valence-electron chi connectivity index (χ2n) is 11.9. The summed E-state index contributed by atoms with van der Waals surface area (Å²) in [5.74, 6) is 2.27. The van der Waals surface area contributed by atoms with Gasteiger partial charge in [-0.1, -0.05) is 59.8 Å². The highest BCUT2D eigenvalue weighted by Crippen LogP contribution is 2.31. The predicted molar refractivity (Wildman–Crippen MR) is 204 cm³/mol. The molecule has 0 unspecified atom stereocenters. The lowest BCUT2D eigenvalue weighted by atomic mass is 10.2. The largest absolute Gasteiger partial charge is 0.497 e. The van der Waals surface area contributed by atoms with Gasteiger partial charge in [-0.3, -0.25) is 4.79 Å². The lowest BCUT2D eigenvalue weighted by Crippen LogP contribution is -2.24. The number of hydrogen-bond acceptors (Lipinski definition) is 13. The summed E-state index contributed by atoms with van der Waals surface area (Å²) in [6, 6.07) is 15.3. The molecule has 0 saturated carbocycles. The average molecular weight is 761 g/mol. The Balaban J connectivity index is 0.910. The number of benzene rings is 2. The molecule has 0 fully saturated rings. The lowest BCUT2D eigenvalue weighted by molar-refractivity contribution is 0.0441. The van der Waals surface area contributed by atoms with Crippen molar-refractivity contribution in [2.75, 3.05) is 44.5 Å². The van der Waals surface area contributed by atoms with E-state index in [1.807, 2.05) is 60.1 Å². The number of fused-ring (bicyclic) bond motifs is 4. The standard InChI is InChI=1S/C35H37ClN10O4S2/c1-4-16-51-35-40-31(28-32(41-35)45(43-42-28)19-22-8-10-24(36)11-9-22)37-12-13-49-14-15-50-21-27-39-33-30(52-27)26-18-38-46(34(47)29(26)44(33)2)20-23-6-5-7-25(17-23)48-3/h5-11,17-18H,4,12-16,19-21H2,1-3H3,(H,37,40,41). The zero-order chi connectivity index (χ0) is 36.0. The molecule has 0 spiro atoms. The number of rotatable bonds is 17. The van der Waals surface area contributed by atoms with E-state index < -0.39 is 0 Å². The second kappa shape index (κ2) is 16.4. The highest BCUT2D eigenvalue weighted by molar-refractivity contribution is 7.99. The van der Waals surface area contributed by atoms with Gasteiger partial charge in [0.15, 0.2) is 27.8 Å². The molecule has 0 atom stereocenters. The molecular formula is C35H37ClN10O4S2. The first-order valence-electron chi connectivity index (χ1n) is 16.8. The minimum atomic E-state index is -0.169. The third-order valence-corrected chi connectivity index (χ3v) is 10.6. The van der Waals surface area contributed by atoms with Gasteiger partial charge in [0.05, 0.1) is 57.5 Å². The smallest absolute Gasteiger partial charge is 0.291 e. The molecule has 5 aromatic heterocycles. The topological polar surface area (TPSA) is 149 Å². The van der Waals surface area contributed by atoms with E-state index in [-0.39, 0.29) is 5.56 Å². The fourth-order valence-electron chi connectivity index (χ4n) is 5.66. The van der Waals surface area contributed by atoms with Crippen molar-refractivity contribution in [3.05, 3.63) is 86.2 Å². The highest BCUT2D eigenvalue weighted by atomic mass is 35.5. The molecule has 0 radical (unpaired) electrons. The molecule has 7 aromatic rings. The summed E-state index contributed by atoms with van der Waals surface area (Å²) in [6.07, 6.45) is 2.75. The van der Waals surface area contributed by atoms with Gasteiger partial charge in [0.1, 0.15) is 16.3 Å². The summed E-state index contributed by atoms with van der Waals surface area (Å²) >= 11 is 9.17. The summed E-state index contributed by atoms with van der Waals surface area (Å²) in [5.41, 5.74) is 4.39. The summed E-state index contributed by atoms with van der Waals surface area (Å²) in [4.78, 5) is 27.6. The van der Waals surface area contributed by atoms with Crippen molar-refractivity contribution in [1.82, 2.24) is 44.3 Å². The van der Waals surface area contributed by atoms with E-state index >= 15 is 0 Å². The quantitative estimate of drug-likeness (QED) is 0.0681. The Morgan fingerprint density at radius 3 is 2.62 bits per heavy atom. The van der Waals surface area contributed by atoms with Crippen molar-refractivity contribution in [3.63, 3.8) is 0 Å². The van der Waals surface area contributed by atoms with Crippen LogP contribution in [-0.4, -0.2) is 83.5 Å². The van der Waals surface area contributed by atoms with Crippen molar-refractivity contribution in [2.24, 2.45) is 7.05 Å². The van der Waals surface area contributed by atoms with E-state index in [9.17, 15) is 4.79 Å². The summed E-state index contributed by atoms with van der Waals surface area (Å²) in [7, 11) is 3.48. The van der Waals surface area contributed by atoms with Crippen molar-refractivity contribution in [1.29, 1.82) is 0 Å². The first-order valence-corrected chi connectivity index (χ1v) is 18.9. The first kappa shape index (κ1) is 35.8. The van der Waals surface area contributed by atoms with Crippen LogP contribution in [-0.2, 0) is 36.2 Å². The molecule has 0 amide bonds. The van der Waals surface area contributed by atoms with Crippen LogP contribution in [0.15, 0.2) is 64.7 Å². The van der Waals surface area contributed by atoms with Crippen LogP contribution in [0.4, 0.5) is 5.82 Å². The van der Waals surface area contributed by atoms with Gasteiger partial charge < -0.3 is 24.1 Å². The van der Waals surface area contributed by atoms with Gasteiger partial charge in [-0.05, 0) is 41.8 Å². The van der Waals surface area contributed by atoms with Crippen LogP contribution in [0.5, 0.6) is 5.75 Å². The number of aromatic nitrogens is 9. The van der Waals surface area contributed by atoms with Crippen molar-refractivity contribution >= 4 is 72.9 Å². The monoisotopic (exact) mass is 760 g/mol. The number of anilines is 1. The van der Waals surface area contributed by atoms with E-state index in [2.05, 4.69) is 27.7 Å². The maximum absolute atomic E-state index is 13.4. The Labute approximate surface area is 312 Å². The number of aryl methyl sites for hydroxylation is 1. The van der Waals surface area contributed by atoms with Crippen LogP contribution < -0.4 is 15.6 Å². The van der Waals surface area contributed by atoms with Crippen LogP contribution in [0.25, 0.3) is 32.4 Å². The highest BCUT2D eigenvalue weighted by Gasteiger charge is 2.19. The molecule has 270 valence electrons. The normalized spacial score (nSPS) is 11.7. The Morgan fingerprint density at radius 2 is 1.79 bits per heavy atom. The van der Waals surface area contributed by atoms with Crippen molar-refractivity contribution < 1.29 is 14.2 Å². The molecule has 52 heavy (non-hydrogen) atoms. The van der Waals surface area contributed by atoms with Gasteiger partial charge >= 0.3 is 0 Å². The number of methoxy groups -OCH3 is 1. The second-order valence-corrected chi connectivity index (χ2v) is 14.5. The van der Waals surface area contributed by atoms with E-state index in [1.165, 1.54) is 16.0 Å². The summed E-state index contributed by atoms with van der Waals surface area (Å²) in [6.45, 7) is 5.11. The molecule has 0 bridgehead atoms. The summed E-state index contributed by atoms with van der Waals surface area (Å²) < 4.78 is 23.0. The zero-order valence-electron chi connectivity index (χ0n) is 28.9. The zero-order valence-corrected chi connectivity index (χ0v) is 31.3. The fraction of sp³-hybridized carbons (Fsp3) is 0.343. The van der Waals surface area contributed by atoms with Crippen molar-refractivity contribution in [2.45, 2.75) is 38.2 Å². The molecule has 17 heteroatoms. The number of thiazole rings is 1. The molecular weight excluding hydrogens is 724 g/mol. The average Bonchev–Trinajstić information content (AvgIpc) is 3.84. The first-order chi connectivity index (χ1) is 25.4. The Bertz CT molecular complexity index is 2370. The van der Waals surface area contributed by atoms with Crippen LogP contribution in [0.3, 0.4) is 0 Å². The molecule has 0 saturated heterocycles. The molecule has 2 aromatic carbocycles. The van der Waals surface area contributed by atoms with Crippen molar-refractivity contribution in [3.8, 4) is 5.75 Å². The molecule has 0 aliphatic heterocycles. The number of ether oxygens (including phenoxy) is 3. The minimum Gasteiger partial charge on any atom is -0.497 e. The van der Waals surface area contributed by atoms with Gasteiger partial charge in [-0.15, -0.1) is 16.4 Å². The van der Waals surface area contributed by atoms with Crippen LogP contribution in [0, 0.1) is 0 Å². The molecule has 1 N–H and O–H groups in total.